The van der Waals surface area contributed by atoms with Gasteiger partial charge in [-0.15, -0.1) is 12.4 Å². The summed E-state index contributed by atoms with van der Waals surface area (Å²) in [5, 5.41) is 3.56. The minimum Gasteiger partial charge on any atom is -0.350 e. The Morgan fingerprint density at radius 3 is 2.37 bits per heavy atom. The van der Waals surface area contributed by atoms with Gasteiger partial charge in [0.25, 0.3) is 5.91 Å². The first-order valence-corrected chi connectivity index (χ1v) is 6.80. The van der Waals surface area contributed by atoms with Crippen molar-refractivity contribution in [2.45, 2.75) is 37.6 Å². The van der Waals surface area contributed by atoms with Gasteiger partial charge >= 0.3 is 0 Å². The average molecular weight is 303 g/mol. The third kappa shape index (κ3) is 4.68. The molecule has 0 aliphatic heterocycles. The second-order valence-corrected chi connectivity index (χ2v) is 5.55. The first-order valence-electron chi connectivity index (χ1n) is 6.42. The van der Waals surface area contributed by atoms with Crippen molar-refractivity contribution in [1.29, 1.82) is 0 Å². The van der Waals surface area contributed by atoms with E-state index in [0.717, 1.165) is 25.7 Å². The zero-order valence-electron chi connectivity index (χ0n) is 10.8. The van der Waals surface area contributed by atoms with E-state index in [1.165, 1.54) is 6.42 Å². The molecule has 1 aliphatic rings. The zero-order valence-corrected chi connectivity index (χ0v) is 12.4. The molecule has 1 fully saturated rings. The molecule has 2 rings (SSSR count). The predicted molar refractivity (Wildman–Crippen MR) is 81.0 cm³/mol. The SMILES string of the molecule is Cl.NC1(CNC(=O)c2ccc(Cl)cc2)CCCCC1. The first kappa shape index (κ1) is 16.3. The van der Waals surface area contributed by atoms with Crippen molar-refractivity contribution in [3.63, 3.8) is 0 Å². The Bertz CT molecular complexity index is 414. The van der Waals surface area contributed by atoms with Crippen molar-refractivity contribution in [2.24, 2.45) is 5.73 Å². The topological polar surface area (TPSA) is 55.1 Å². The molecular weight excluding hydrogens is 283 g/mol. The molecule has 0 radical (unpaired) electrons. The number of benzene rings is 1. The summed E-state index contributed by atoms with van der Waals surface area (Å²) in [6, 6.07) is 6.88. The normalized spacial score (nSPS) is 17.4. The van der Waals surface area contributed by atoms with Crippen molar-refractivity contribution < 1.29 is 4.79 Å². The Kier molecular flexibility index (Phi) is 6.11. The summed E-state index contributed by atoms with van der Waals surface area (Å²) >= 11 is 5.79. The van der Waals surface area contributed by atoms with E-state index < -0.39 is 0 Å². The Labute approximate surface area is 125 Å². The highest BCUT2D eigenvalue weighted by Crippen LogP contribution is 2.25. The number of hydrogen-bond acceptors (Lipinski definition) is 2. The second-order valence-electron chi connectivity index (χ2n) is 5.11. The average Bonchev–Trinajstić information content (AvgIpc) is 2.38. The quantitative estimate of drug-likeness (QED) is 0.901. The fourth-order valence-electron chi connectivity index (χ4n) is 2.39. The third-order valence-electron chi connectivity index (χ3n) is 3.56. The Hall–Kier alpha value is -0.770. The highest BCUT2D eigenvalue weighted by molar-refractivity contribution is 6.30. The molecule has 0 heterocycles. The number of carbonyl (C=O) groups is 1. The van der Waals surface area contributed by atoms with Crippen LogP contribution in [0.25, 0.3) is 0 Å². The number of hydrogen-bond donors (Lipinski definition) is 2. The van der Waals surface area contributed by atoms with E-state index in [9.17, 15) is 4.79 Å². The van der Waals surface area contributed by atoms with E-state index >= 15 is 0 Å². The largest absolute Gasteiger partial charge is 0.350 e. The molecule has 3 nitrogen and oxygen atoms in total. The third-order valence-corrected chi connectivity index (χ3v) is 3.81. The lowest BCUT2D eigenvalue weighted by molar-refractivity contribution is 0.0937. The van der Waals surface area contributed by atoms with Crippen LogP contribution in [-0.2, 0) is 0 Å². The van der Waals surface area contributed by atoms with Crippen LogP contribution in [0.1, 0.15) is 42.5 Å². The maximum atomic E-state index is 11.9. The fraction of sp³-hybridized carbons (Fsp3) is 0.500. The van der Waals surface area contributed by atoms with Gasteiger partial charge in [-0.25, -0.2) is 0 Å². The van der Waals surface area contributed by atoms with E-state index in [0.29, 0.717) is 17.1 Å². The molecule has 106 valence electrons. The van der Waals surface area contributed by atoms with Crippen LogP contribution in [0.3, 0.4) is 0 Å². The molecule has 1 amide bonds. The first-order chi connectivity index (χ1) is 8.59. The van der Waals surface area contributed by atoms with Crippen molar-refractivity contribution in [2.75, 3.05) is 6.54 Å². The number of nitrogens with two attached hydrogens (primary N) is 1. The molecule has 0 saturated heterocycles. The second kappa shape index (κ2) is 7.13. The highest BCUT2D eigenvalue weighted by atomic mass is 35.5. The molecule has 0 spiro atoms. The zero-order chi connectivity index (χ0) is 13.0. The summed E-state index contributed by atoms with van der Waals surface area (Å²) in [5.74, 6) is -0.0814. The predicted octanol–water partition coefficient (Wildman–Crippen LogP) is 3.15. The van der Waals surface area contributed by atoms with Gasteiger partial charge in [0.05, 0.1) is 0 Å². The highest BCUT2D eigenvalue weighted by Gasteiger charge is 2.27. The number of amides is 1. The van der Waals surface area contributed by atoms with Gasteiger partial charge in [-0.2, -0.15) is 0 Å². The van der Waals surface area contributed by atoms with Crippen molar-refractivity contribution in [3.8, 4) is 0 Å². The molecule has 0 aromatic heterocycles. The Morgan fingerprint density at radius 2 is 1.79 bits per heavy atom. The summed E-state index contributed by atoms with van der Waals surface area (Å²) in [6.07, 6.45) is 5.56. The monoisotopic (exact) mass is 302 g/mol. The molecule has 1 aromatic carbocycles. The molecule has 1 aliphatic carbocycles. The van der Waals surface area contributed by atoms with E-state index in [2.05, 4.69) is 5.32 Å². The van der Waals surface area contributed by atoms with E-state index in [4.69, 9.17) is 17.3 Å². The summed E-state index contributed by atoms with van der Waals surface area (Å²) in [5.41, 5.74) is 6.68. The minimum absolute atomic E-state index is 0. The lowest BCUT2D eigenvalue weighted by atomic mass is 9.82. The number of carbonyl (C=O) groups excluding carboxylic acids is 1. The van der Waals surface area contributed by atoms with Gasteiger partial charge < -0.3 is 11.1 Å². The minimum atomic E-state index is -0.222. The number of halogens is 2. The maximum Gasteiger partial charge on any atom is 0.251 e. The molecule has 19 heavy (non-hydrogen) atoms. The lowest BCUT2D eigenvalue weighted by Gasteiger charge is -2.33. The molecule has 0 atom stereocenters. The van der Waals surface area contributed by atoms with Gasteiger partial charge in [-0.1, -0.05) is 30.9 Å². The van der Waals surface area contributed by atoms with Crippen molar-refractivity contribution >= 4 is 29.9 Å². The lowest BCUT2D eigenvalue weighted by Crippen LogP contribution is -2.51. The standard InChI is InChI=1S/C14H19ClN2O.ClH/c15-12-6-4-11(5-7-12)13(18)17-10-14(16)8-2-1-3-9-14;/h4-7H,1-3,8-10,16H2,(H,17,18);1H. The van der Waals surface area contributed by atoms with Crippen LogP contribution in [0.4, 0.5) is 0 Å². The molecule has 1 saturated carbocycles. The van der Waals surface area contributed by atoms with Gasteiger partial charge in [0, 0.05) is 22.7 Å². The van der Waals surface area contributed by atoms with E-state index in [-0.39, 0.29) is 23.9 Å². The van der Waals surface area contributed by atoms with Crippen LogP contribution in [0.2, 0.25) is 5.02 Å². The maximum absolute atomic E-state index is 11.9. The van der Waals surface area contributed by atoms with Crippen LogP contribution in [0.15, 0.2) is 24.3 Å². The van der Waals surface area contributed by atoms with Gasteiger partial charge in [0.15, 0.2) is 0 Å². The van der Waals surface area contributed by atoms with Gasteiger partial charge in [-0.3, -0.25) is 4.79 Å². The number of nitrogens with one attached hydrogen (secondary N) is 1. The molecule has 5 heteroatoms. The molecule has 0 unspecified atom stereocenters. The van der Waals surface area contributed by atoms with Gasteiger partial charge in [0.2, 0.25) is 0 Å². The van der Waals surface area contributed by atoms with Crippen LogP contribution in [0, 0.1) is 0 Å². The van der Waals surface area contributed by atoms with E-state index in [1.54, 1.807) is 24.3 Å². The Morgan fingerprint density at radius 1 is 1.21 bits per heavy atom. The van der Waals surface area contributed by atoms with E-state index in [1.807, 2.05) is 0 Å². The van der Waals surface area contributed by atoms with Crippen molar-refractivity contribution in [3.05, 3.63) is 34.9 Å². The number of rotatable bonds is 3. The summed E-state index contributed by atoms with van der Waals surface area (Å²) < 4.78 is 0. The molecular formula is C14H20Cl2N2O. The van der Waals surface area contributed by atoms with Crippen LogP contribution >= 0.6 is 24.0 Å². The van der Waals surface area contributed by atoms with Gasteiger partial charge in [0.1, 0.15) is 0 Å². The van der Waals surface area contributed by atoms with Crippen molar-refractivity contribution in [1.82, 2.24) is 5.32 Å². The van der Waals surface area contributed by atoms with Crippen LogP contribution in [-0.4, -0.2) is 18.0 Å². The molecule has 1 aromatic rings. The molecule has 0 bridgehead atoms. The fourth-order valence-corrected chi connectivity index (χ4v) is 2.52. The van der Waals surface area contributed by atoms with Crippen LogP contribution < -0.4 is 11.1 Å². The molecule has 3 N–H and O–H groups in total. The van der Waals surface area contributed by atoms with Crippen LogP contribution in [0.5, 0.6) is 0 Å². The Balaban J connectivity index is 0.00000180. The van der Waals surface area contributed by atoms with Gasteiger partial charge in [-0.05, 0) is 37.1 Å². The summed E-state index contributed by atoms with van der Waals surface area (Å²) in [7, 11) is 0. The smallest absolute Gasteiger partial charge is 0.251 e. The summed E-state index contributed by atoms with van der Waals surface area (Å²) in [6.45, 7) is 0.550. The summed E-state index contributed by atoms with van der Waals surface area (Å²) in [4.78, 5) is 11.9.